The van der Waals surface area contributed by atoms with E-state index in [4.69, 9.17) is 35.3 Å². The summed E-state index contributed by atoms with van der Waals surface area (Å²) in [6.45, 7) is 4.53. The first kappa shape index (κ1) is 30.0. The number of hydrogen-bond acceptors (Lipinski definition) is 8. The van der Waals surface area contributed by atoms with Gasteiger partial charge in [-0.3, -0.25) is 9.69 Å². The molecule has 2 heterocycles. The Kier molecular flexibility index (Phi) is 10.2. The SMILES string of the molecule is COc1ccc(OCCCN(C)CCOc2ccc3c(c2)OCO3)c(C2Sc3cc(Cl)ccc3N2C(C)=O)c1.Cl. The summed E-state index contributed by atoms with van der Waals surface area (Å²) in [5.41, 5.74) is 1.73. The van der Waals surface area contributed by atoms with Gasteiger partial charge in [0.2, 0.25) is 12.7 Å². The van der Waals surface area contributed by atoms with Gasteiger partial charge in [0.1, 0.15) is 29.2 Å². The van der Waals surface area contributed by atoms with Gasteiger partial charge in [0.05, 0.1) is 19.4 Å². The van der Waals surface area contributed by atoms with E-state index in [9.17, 15) is 4.79 Å². The van der Waals surface area contributed by atoms with Crippen LogP contribution in [0.5, 0.6) is 28.7 Å². The van der Waals surface area contributed by atoms with Gasteiger partial charge in [-0.05, 0) is 62.0 Å². The van der Waals surface area contributed by atoms with Crippen molar-refractivity contribution in [3.8, 4) is 28.7 Å². The zero-order valence-electron chi connectivity index (χ0n) is 22.6. The summed E-state index contributed by atoms with van der Waals surface area (Å²) in [4.78, 5) is 17.6. The van der Waals surface area contributed by atoms with Gasteiger partial charge in [-0.25, -0.2) is 0 Å². The third-order valence-electron chi connectivity index (χ3n) is 6.50. The van der Waals surface area contributed by atoms with Crippen LogP contribution in [0.15, 0.2) is 59.5 Å². The first-order chi connectivity index (χ1) is 18.9. The standard InChI is InChI=1S/C29H31ClN2O6S.ClH/c1-19(33)32-24-8-5-20(30)15-28(24)39-29(32)23-16-21(34-3)6-9-25(23)36-13-4-11-31(2)12-14-35-22-7-10-26-27(17-22)38-18-37-26;/h5-10,15-17,29H,4,11-14,18H2,1-3H3;1H. The number of nitrogens with zero attached hydrogens (tertiary/aromatic N) is 2. The molecule has 0 saturated heterocycles. The van der Waals surface area contributed by atoms with Gasteiger partial charge in [0.15, 0.2) is 11.5 Å². The Labute approximate surface area is 249 Å². The number of likely N-dealkylation sites (N-methyl/N-ethyl adjacent to an activating group) is 1. The molecule has 0 saturated carbocycles. The van der Waals surface area contributed by atoms with Crippen LogP contribution in [0.4, 0.5) is 5.69 Å². The van der Waals surface area contributed by atoms with E-state index in [0.717, 1.165) is 52.9 Å². The van der Waals surface area contributed by atoms with Crippen molar-refractivity contribution in [2.75, 3.05) is 52.2 Å². The highest BCUT2D eigenvalue weighted by Crippen LogP contribution is 2.54. The number of carbonyl (C=O) groups excluding carboxylic acids is 1. The lowest BCUT2D eigenvalue weighted by Gasteiger charge is -2.26. The van der Waals surface area contributed by atoms with Crippen molar-refractivity contribution in [1.29, 1.82) is 0 Å². The maximum Gasteiger partial charge on any atom is 0.231 e. The Morgan fingerprint density at radius 3 is 2.62 bits per heavy atom. The number of benzene rings is 3. The molecule has 5 rings (SSSR count). The highest BCUT2D eigenvalue weighted by molar-refractivity contribution is 8.00. The zero-order chi connectivity index (χ0) is 27.4. The highest BCUT2D eigenvalue weighted by Gasteiger charge is 2.36. The van der Waals surface area contributed by atoms with Crippen LogP contribution in [-0.4, -0.2) is 58.1 Å². The number of methoxy groups -OCH3 is 1. The largest absolute Gasteiger partial charge is 0.497 e. The summed E-state index contributed by atoms with van der Waals surface area (Å²) >= 11 is 7.81. The third kappa shape index (κ3) is 6.83. The van der Waals surface area contributed by atoms with Crippen molar-refractivity contribution in [2.24, 2.45) is 0 Å². The van der Waals surface area contributed by atoms with E-state index in [1.807, 2.05) is 48.5 Å². The molecule has 2 aliphatic rings. The molecule has 1 atom stereocenters. The molecule has 0 spiro atoms. The Hall–Kier alpha value is -2.98. The van der Waals surface area contributed by atoms with Crippen LogP contribution in [0, 0.1) is 0 Å². The number of carbonyl (C=O) groups is 1. The average molecular weight is 608 g/mol. The second-order valence-electron chi connectivity index (χ2n) is 9.24. The van der Waals surface area contributed by atoms with E-state index in [1.165, 1.54) is 0 Å². The zero-order valence-corrected chi connectivity index (χ0v) is 24.9. The summed E-state index contributed by atoms with van der Waals surface area (Å²) in [5, 5.41) is 0.356. The summed E-state index contributed by atoms with van der Waals surface area (Å²) in [5.74, 6) is 3.61. The summed E-state index contributed by atoms with van der Waals surface area (Å²) in [7, 11) is 3.69. The molecule has 2 aliphatic heterocycles. The number of rotatable bonds is 11. The Bertz CT molecular complexity index is 1340. The van der Waals surface area contributed by atoms with Crippen molar-refractivity contribution in [3.05, 3.63) is 65.2 Å². The normalized spacial score (nSPS) is 15.0. The van der Waals surface area contributed by atoms with Crippen LogP contribution < -0.4 is 28.6 Å². The van der Waals surface area contributed by atoms with Crippen LogP contribution >= 0.6 is 35.8 Å². The lowest BCUT2D eigenvalue weighted by atomic mass is 10.1. The molecule has 0 N–H and O–H groups in total. The molecule has 0 fully saturated rings. The minimum atomic E-state index is -0.280. The number of fused-ring (bicyclic) bond motifs is 2. The maximum absolute atomic E-state index is 12.7. The molecule has 11 heteroatoms. The first-order valence-corrected chi connectivity index (χ1v) is 14.0. The van der Waals surface area contributed by atoms with Crippen molar-refractivity contribution in [2.45, 2.75) is 23.6 Å². The second kappa shape index (κ2) is 13.6. The molecule has 40 heavy (non-hydrogen) atoms. The van der Waals surface area contributed by atoms with E-state index in [2.05, 4.69) is 11.9 Å². The summed E-state index contributed by atoms with van der Waals surface area (Å²) in [6, 6.07) is 16.9. The van der Waals surface area contributed by atoms with Crippen LogP contribution in [0.3, 0.4) is 0 Å². The molecule has 0 aromatic heterocycles. The second-order valence-corrected chi connectivity index (χ2v) is 10.8. The maximum atomic E-state index is 12.7. The minimum Gasteiger partial charge on any atom is -0.497 e. The van der Waals surface area contributed by atoms with E-state index in [1.54, 1.807) is 36.8 Å². The van der Waals surface area contributed by atoms with Gasteiger partial charge in [0, 0.05) is 41.6 Å². The smallest absolute Gasteiger partial charge is 0.231 e. The predicted octanol–water partition coefficient (Wildman–Crippen LogP) is 6.44. The van der Waals surface area contributed by atoms with E-state index in [-0.39, 0.29) is 30.5 Å². The van der Waals surface area contributed by atoms with Crippen molar-refractivity contribution in [1.82, 2.24) is 4.90 Å². The van der Waals surface area contributed by atoms with Crippen LogP contribution in [0.25, 0.3) is 0 Å². The van der Waals surface area contributed by atoms with Gasteiger partial charge in [-0.2, -0.15) is 0 Å². The molecule has 1 unspecified atom stereocenters. The first-order valence-electron chi connectivity index (χ1n) is 12.7. The number of ether oxygens (including phenoxy) is 5. The molecular weight excluding hydrogens is 575 g/mol. The Morgan fingerprint density at radius 1 is 1.02 bits per heavy atom. The Morgan fingerprint density at radius 2 is 1.82 bits per heavy atom. The fraction of sp³-hybridized carbons (Fsp3) is 0.345. The quantitative estimate of drug-likeness (QED) is 0.231. The highest BCUT2D eigenvalue weighted by atomic mass is 35.5. The molecule has 3 aromatic carbocycles. The number of halogens is 2. The molecular formula is C29H32Cl2N2O6S. The number of thioether (sulfide) groups is 1. The Balaban J connectivity index is 0.00000370. The lowest BCUT2D eigenvalue weighted by Crippen LogP contribution is -2.28. The van der Waals surface area contributed by atoms with Crippen LogP contribution in [0.2, 0.25) is 5.02 Å². The average Bonchev–Trinajstić information content (AvgIpc) is 3.55. The number of hydrogen-bond donors (Lipinski definition) is 0. The van der Waals surface area contributed by atoms with Crippen LogP contribution in [-0.2, 0) is 4.79 Å². The summed E-state index contributed by atoms with van der Waals surface area (Å²) in [6.07, 6.45) is 0.829. The molecule has 0 bridgehead atoms. The van der Waals surface area contributed by atoms with Gasteiger partial charge in [-0.15, -0.1) is 12.4 Å². The fourth-order valence-electron chi connectivity index (χ4n) is 4.51. The minimum absolute atomic E-state index is 0. The fourth-order valence-corrected chi connectivity index (χ4v) is 6.15. The van der Waals surface area contributed by atoms with Crippen molar-refractivity contribution >= 4 is 47.4 Å². The van der Waals surface area contributed by atoms with Crippen molar-refractivity contribution in [3.63, 3.8) is 0 Å². The topological polar surface area (TPSA) is 69.7 Å². The van der Waals surface area contributed by atoms with Gasteiger partial charge in [0.25, 0.3) is 0 Å². The van der Waals surface area contributed by atoms with Gasteiger partial charge < -0.3 is 28.6 Å². The monoisotopic (exact) mass is 606 g/mol. The van der Waals surface area contributed by atoms with E-state index < -0.39 is 0 Å². The van der Waals surface area contributed by atoms with E-state index >= 15 is 0 Å². The molecule has 214 valence electrons. The molecule has 8 nitrogen and oxygen atoms in total. The number of amides is 1. The van der Waals surface area contributed by atoms with E-state index in [0.29, 0.717) is 29.7 Å². The predicted molar refractivity (Wildman–Crippen MR) is 159 cm³/mol. The van der Waals surface area contributed by atoms with Crippen LogP contribution in [0.1, 0.15) is 24.3 Å². The number of anilines is 1. The molecule has 0 radical (unpaired) electrons. The van der Waals surface area contributed by atoms with Gasteiger partial charge >= 0.3 is 0 Å². The molecule has 1 amide bonds. The third-order valence-corrected chi connectivity index (χ3v) is 8.01. The van der Waals surface area contributed by atoms with Gasteiger partial charge in [-0.1, -0.05) is 23.4 Å². The molecule has 0 aliphatic carbocycles. The molecule has 3 aromatic rings. The van der Waals surface area contributed by atoms with Crippen molar-refractivity contribution < 1.29 is 28.5 Å². The lowest BCUT2D eigenvalue weighted by molar-refractivity contribution is -0.116. The summed E-state index contributed by atoms with van der Waals surface area (Å²) < 4.78 is 28.4.